The number of hydrogen-bond acceptors (Lipinski definition) is 11. The number of fused-ring (bicyclic) bond motifs is 16. The van der Waals surface area contributed by atoms with Gasteiger partial charge < -0.3 is 58.4 Å². The van der Waals surface area contributed by atoms with Gasteiger partial charge in [0.1, 0.15) is 5.76 Å². The molecule has 0 saturated heterocycles. The average molecular weight is 2590 g/mol. The zero-order chi connectivity index (χ0) is 86.3. The zero-order valence-corrected chi connectivity index (χ0v) is 83.9. The number of carbonyl (C=O) groups excluding carboxylic acids is 2. The Balaban J connectivity index is 0.000000148. The molecule has 21 heteroatoms. The Labute approximate surface area is 823 Å². The molecule has 1 aliphatic rings. The molecular weight excluding hydrogens is 2500 g/mol. The van der Waals surface area contributed by atoms with E-state index in [0.29, 0.717) is 23.0 Å². The zero-order valence-electron chi connectivity index (χ0n) is 71.9. The molecule has 130 heavy (non-hydrogen) atoms. The minimum absolute atomic E-state index is 0. The molecule has 22 rings (SSSR count). The van der Waals surface area contributed by atoms with Gasteiger partial charge in [0.25, 0.3) is 0 Å². The second kappa shape index (κ2) is 46.1. The van der Waals surface area contributed by atoms with Crippen LogP contribution in [-0.4, -0.2) is 81.6 Å². The van der Waals surface area contributed by atoms with E-state index in [1.807, 2.05) is 165 Å². The Morgan fingerprint density at radius 3 is 1.35 bits per heavy atom. The van der Waals surface area contributed by atoms with Crippen LogP contribution in [0.2, 0.25) is 0 Å². The second-order valence-corrected chi connectivity index (χ2v) is 30.4. The van der Waals surface area contributed by atoms with Crippen LogP contribution in [0.5, 0.6) is 0 Å². The summed E-state index contributed by atoms with van der Waals surface area (Å²) < 4.78 is 8.96. The molecule has 0 aliphatic carbocycles. The quantitative estimate of drug-likeness (QED) is 0.0413. The minimum atomic E-state index is -0.202. The number of aliphatic hydroxyl groups excluding tert-OH is 2. The first kappa shape index (κ1) is 98.0. The number of pyridine rings is 7. The first-order valence-corrected chi connectivity index (χ1v) is 41.6. The van der Waals surface area contributed by atoms with Crippen molar-refractivity contribution in [1.29, 1.82) is 0 Å². The summed E-state index contributed by atoms with van der Waals surface area (Å²) in [5.41, 5.74) is 26.6. The van der Waals surface area contributed by atoms with Gasteiger partial charge in [-0.05, 0) is 157 Å². The van der Waals surface area contributed by atoms with E-state index in [1.165, 1.54) is 81.0 Å². The summed E-state index contributed by atoms with van der Waals surface area (Å²) in [6.45, 7) is 15.3. The van der Waals surface area contributed by atoms with Crippen molar-refractivity contribution in [2.75, 3.05) is 0 Å². The number of aliphatic hydroxyl groups is 2. The summed E-state index contributed by atoms with van der Waals surface area (Å²) in [4.78, 5) is 52.9. The van der Waals surface area contributed by atoms with Crippen LogP contribution < -0.4 is 16.4 Å². The van der Waals surface area contributed by atoms with Gasteiger partial charge in [0, 0.05) is 228 Å². The number of rotatable bonds is 11. The Hall–Kier alpha value is -12.6. The molecule has 12 heterocycles. The van der Waals surface area contributed by atoms with Crippen LogP contribution in [0.15, 0.2) is 371 Å². The van der Waals surface area contributed by atoms with Crippen LogP contribution in [0.4, 0.5) is 0 Å². The van der Waals surface area contributed by atoms with Gasteiger partial charge in [-0.15, -0.1) is 114 Å². The Morgan fingerprint density at radius 2 is 0.831 bits per heavy atom. The van der Waals surface area contributed by atoms with Crippen LogP contribution in [0.1, 0.15) is 87.4 Å². The molecule has 2 N–H and O–H groups in total. The molecule has 0 amide bonds. The monoisotopic (exact) mass is 2590 g/mol. The Kier molecular flexibility index (Phi) is 34.8. The normalized spacial score (nSPS) is 11.1. The SMILES string of the molecule is CC(=O)C=C(C)O.CC(C)c1cccc(C(C)C)c1B1c2ccn[c-]c2-c2ncccc21.CCn1c2ccc[c-]c2c2ncccc21.O=C(C=C(O)c1ccccc1)c1ccccc1.[Ir].[Ir].[Ir].[Ir].[Ir].[c-]1cccc2c1c1ncccc1n2-c1cccc2ccccc12.[c-]1cccc2c1c1ncccc1n2-c1ccccc1.[c-]1cccc2c1c1ncccc1n2-c1cccnc1. The van der Waals surface area contributed by atoms with E-state index < -0.39 is 0 Å². The molecule has 5 radical (unpaired) electrons. The van der Waals surface area contributed by atoms with Gasteiger partial charge in [0.2, 0.25) is 0 Å². The van der Waals surface area contributed by atoms with Gasteiger partial charge in [-0.1, -0.05) is 217 Å². The predicted octanol–water partition coefficient (Wildman–Crippen LogP) is 23.0. The van der Waals surface area contributed by atoms with Crippen molar-refractivity contribution in [2.45, 2.75) is 66.8 Å². The van der Waals surface area contributed by atoms with E-state index in [1.54, 1.807) is 42.6 Å². The number of aromatic nitrogens is 11. The second-order valence-electron chi connectivity index (χ2n) is 30.4. The maximum absolute atomic E-state index is 11.8. The molecule has 0 fully saturated rings. The molecule has 0 bridgehead atoms. The number of hydrogen-bond donors (Lipinski definition) is 2. The molecule has 0 atom stereocenters. The van der Waals surface area contributed by atoms with E-state index in [9.17, 15) is 14.7 Å². The number of nitrogens with zero attached hydrogens (tertiary/aromatic N) is 11. The third-order valence-corrected chi connectivity index (χ3v) is 21.7. The third-order valence-electron chi connectivity index (χ3n) is 21.7. The van der Waals surface area contributed by atoms with Gasteiger partial charge in [-0.25, -0.2) is 0 Å². The average Bonchev–Trinajstić information content (AvgIpc) is 1.58. The number of carbonyl (C=O) groups is 2. The number of para-hydroxylation sites is 1. The van der Waals surface area contributed by atoms with Gasteiger partial charge in [0.05, 0.1) is 17.6 Å². The van der Waals surface area contributed by atoms with Crippen molar-refractivity contribution in [1.82, 2.24) is 53.2 Å². The van der Waals surface area contributed by atoms with Crippen molar-refractivity contribution >= 4 is 139 Å². The number of ketones is 2. The van der Waals surface area contributed by atoms with E-state index in [-0.39, 0.29) is 130 Å². The molecule has 655 valence electrons. The van der Waals surface area contributed by atoms with E-state index in [4.69, 9.17) is 5.11 Å². The summed E-state index contributed by atoms with van der Waals surface area (Å²) >= 11 is 0. The van der Waals surface area contributed by atoms with Gasteiger partial charge >= 0.3 is 0 Å². The van der Waals surface area contributed by atoms with Crippen LogP contribution >= 0.6 is 0 Å². The Morgan fingerprint density at radius 1 is 0.400 bits per heavy atom. The molecule has 0 unspecified atom stereocenters. The number of aryl methyl sites for hydroxylation is 1. The summed E-state index contributed by atoms with van der Waals surface area (Å²) in [5.74, 6) is 0.672. The molecule has 10 aromatic carbocycles. The molecular formula is C109H87BIr5N11O4-5. The number of benzene rings is 10. The van der Waals surface area contributed by atoms with Gasteiger partial charge in [0.15, 0.2) is 18.3 Å². The summed E-state index contributed by atoms with van der Waals surface area (Å²) in [5, 5.41) is 24.9. The van der Waals surface area contributed by atoms with E-state index in [2.05, 4.69) is 264 Å². The summed E-state index contributed by atoms with van der Waals surface area (Å²) in [6.07, 6.45) is 20.3. The van der Waals surface area contributed by atoms with Crippen LogP contribution in [0.25, 0.3) is 133 Å². The van der Waals surface area contributed by atoms with Gasteiger partial charge in [-0.2, -0.15) is 0 Å². The van der Waals surface area contributed by atoms with E-state index >= 15 is 0 Å². The van der Waals surface area contributed by atoms with Crippen molar-refractivity contribution in [2.24, 2.45) is 0 Å². The molecule has 0 spiro atoms. The van der Waals surface area contributed by atoms with Crippen LogP contribution in [-0.2, 0) is 112 Å². The fourth-order valence-electron chi connectivity index (χ4n) is 16.4. The predicted molar refractivity (Wildman–Crippen MR) is 510 cm³/mol. The third kappa shape index (κ3) is 21.3. The molecule has 1 aliphatic heterocycles. The fraction of sp³-hybridized carbons (Fsp3) is 0.0917. The smallest absolute Gasteiger partial charge is 0.189 e. The topological polar surface area (TPSA) is 185 Å². The summed E-state index contributed by atoms with van der Waals surface area (Å²) in [6, 6.07) is 114. The molecule has 21 aromatic rings. The fourth-order valence-corrected chi connectivity index (χ4v) is 16.4. The standard InChI is InChI=1S/C22H22BN2.C21H13N2.C17H11N2.C16H10N3.C15H12O2.C13H11N2.C5H8O2.5Ir/c1-14(2)16-7-5-8-17(15(3)4)21(16)23-19-10-12-24-13-18(19)22-20(23)9-6-11-25-22;1-2-9-16-15(7-1)8-5-12-18(16)23-19-11-4-3-10-17(19)21-20(23)13-6-14-22-21;1-2-7-13(8-3-1)19-15-10-5-4-9-14(15)17-16(19)11-6-12-18-17;1-2-7-14-13(6-1)16-15(8-4-10-18-16)19(14)12-5-3-9-17-11-12;16-14(12-7-3-1-4-8-12)11-15(17)13-9-5-2-6-10-13;1-2-15-11-7-4-3-6-10(11)13-12(15)8-5-9-14-13;1-4(6)3-5(2)7;;;;;/h5-12,14-15H,1-4H3;1-9,11-14H;1-8,10-12H;1-5,7-11H;1-11,16H;3-5,7-9H,2H2,1H3;3,6H,1-2H3;;;;;/q4*-1;;-1;;;;;;. The maximum Gasteiger partial charge on any atom is 0.189 e. The maximum atomic E-state index is 11.8. The first-order valence-electron chi connectivity index (χ1n) is 41.6. The first-order chi connectivity index (χ1) is 61.2. The largest absolute Gasteiger partial charge is 0.512 e. The molecule has 15 nitrogen and oxygen atoms in total. The van der Waals surface area contributed by atoms with E-state index in [0.717, 1.165) is 106 Å². The van der Waals surface area contributed by atoms with Crippen molar-refractivity contribution in [3.63, 3.8) is 0 Å². The molecule has 0 saturated carbocycles. The number of allylic oxidation sites excluding steroid dienone is 3. The van der Waals surface area contributed by atoms with Gasteiger partial charge in [-0.3, -0.25) is 14.6 Å². The minimum Gasteiger partial charge on any atom is -0.512 e. The van der Waals surface area contributed by atoms with Crippen molar-refractivity contribution in [3.05, 3.63) is 424 Å². The Bertz CT molecular complexity index is 7050. The van der Waals surface area contributed by atoms with Crippen molar-refractivity contribution in [3.8, 4) is 28.3 Å². The summed E-state index contributed by atoms with van der Waals surface area (Å²) in [7, 11) is 0. The molecule has 11 aromatic heterocycles. The van der Waals surface area contributed by atoms with Crippen LogP contribution in [0, 0.1) is 30.5 Å². The van der Waals surface area contributed by atoms with Crippen molar-refractivity contribution < 1.29 is 120 Å². The van der Waals surface area contributed by atoms with Crippen LogP contribution in [0.3, 0.4) is 0 Å².